The average Bonchev–Trinajstić information content (AvgIpc) is 2.62. The molecule has 0 unspecified atom stereocenters. The minimum absolute atomic E-state index is 0.331. The Labute approximate surface area is 143 Å². The van der Waals surface area contributed by atoms with Gasteiger partial charge in [-0.2, -0.15) is 0 Å². The summed E-state index contributed by atoms with van der Waals surface area (Å²) in [6.07, 6.45) is 0.887. The molecule has 0 radical (unpaired) electrons. The highest BCUT2D eigenvalue weighted by Crippen LogP contribution is 2.23. The Kier molecular flexibility index (Phi) is 7.00. The second-order valence-electron chi connectivity index (χ2n) is 5.54. The van der Waals surface area contributed by atoms with E-state index in [-0.39, 0.29) is 5.97 Å². The molecule has 2 rings (SSSR count). The van der Waals surface area contributed by atoms with Crippen molar-refractivity contribution in [2.24, 2.45) is 0 Å². The molecule has 5 nitrogen and oxygen atoms in total. The fourth-order valence-corrected chi connectivity index (χ4v) is 2.49. The van der Waals surface area contributed by atoms with E-state index in [0.29, 0.717) is 24.7 Å². The first-order valence-corrected chi connectivity index (χ1v) is 8.61. The highest BCUT2D eigenvalue weighted by Gasteiger charge is 2.15. The number of rotatable bonds is 9. The maximum atomic E-state index is 12.5. The predicted octanol–water partition coefficient (Wildman–Crippen LogP) is 3.52. The minimum Gasteiger partial charge on any atom is -0.478 e. The van der Waals surface area contributed by atoms with Gasteiger partial charge in [0.2, 0.25) is 5.88 Å². The number of ether oxygens (including phenoxy) is 2. The standard InChI is InChI=1S/C19H26N2O3/c1-4-12-23-18-14-16(15-9-7-8-10-17(15)20-18)19(22)24-13-11-21(5-2)6-3/h7-10,14H,4-6,11-13H2,1-3H3. The van der Waals surface area contributed by atoms with Crippen molar-refractivity contribution in [1.29, 1.82) is 0 Å². The first kappa shape index (κ1) is 18.2. The Hall–Kier alpha value is -2.14. The van der Waals surface area contributed by atoms with E-state index in [1.54, 1.807) is 6.07 Å². The number of likely N-dealkylation sites (N-methyl/N-ethyl adjacent to an activating group) is 1. The average molecular weight is 330 g/mol. The zero-order valence-electron chi connectivity index (χ0n) is 14.7. The number of aromatic nitrogens is 1. The molecule has 0 saturated carbocycles. The van der Waals surface area contributed by atoms with Gasteiger partial charge in [-0.3, -0.25) is 0 Å². The summed E-state index contributed by atoms with van der Waals surface area (Å²) in [6, 6.07) is 9.23. The number of pyridine rings is 1. The van der Waals surface area contributed by atoms with Crippen molar-refractivity contribution in [3.05, 3.63) is 35.9 Å². The minimum atomic E-state index is -0.331. The summed E-state index contributed by atoms with van der Waals surface area (Å²) in [5.41, 5.74) is 1.24. The van der Waals surface area contributed by atoms with E-state index >= 15 is 0 Å². The summed E-state index contributed by atoms with van der Waals surface area (Å²) >= 11 is 0. The third-order valence-electron chi connectivity index (χ3n) is 3.90. The molecular weight excluding hydrogens is 304 g/mol. The van der Waals surface area contributed by atoms with Gasteiger partial charge in [0.25, 0.3) is 0 Å². The highest BCUT2D eigenvalue weighted by atomic mass is 16.5. The van der Waals surface area contributed by atoms with Crippen LogP contribution in [-0.2, 0) is 4.74 Å². The van der Waals surface area contributed by atoms with Crippen molar-refractivity contribution in [1.82, 2.24) is 9.88 Å². The van der Waals surface area contributed by atoms with E-state index in [2.05, 4.69) is 23.7 Å². The number of hydrogen-bond donors (Lipinski definition) is 0. The van der Waals surface area contributed by atoms with Gasteiger partial charge in [0.15, 0.2) is 0 Å². The molecule has 0 saturated heterocycles. The van der Waals surface area contributed by atoms with Crippen molar-refractivity contribution in [3.8, 4) is 5.88 Å². The Bertz CT molecular complexity index is 669. The summed E-state index contributed by atoms with van der Waals surface area (Å²) in [5.74, 6) is 0.133. The lowest BCUT2D eigenvalue weighted by atomic mass is 10.1. The maximum Gasteiger partial charge on any atom is 0.339 e. The molecule has 24 heavy (non-hydrogen) atoms. The second-order valence-corrected chi connectivity index (χ2v) is 5.54. The lowest BCUT2D eigenvalue weighted by Crippen LogP contribution is -2.28. The van der Waals surface area contributed by atoms with Crippen LogP contribution in [0.25, 0.3) is 10.9 Å². The van der Waals surface area contributed by atoms with Crippen LogP contribution in [0.4, 0.5) is 0 Å². The van der Waals surface area contributed by atoms with Gasteiger partial charge in [0.1, 0.15) is 6.61 Å². The van der Waals surface area contributed by atoms with Crippen molar-refractivity contribution in [2.45, 2.75) is 27.2 Å². The zero-order chi connectivity index (χ0) is 17.4. The molecule has 0 aliphatic heterocycles. The molecule has 0 fully saturated rings. The van der Waals surface area contributed by atoms with Crippen molar-refractivity contribution in [2.75, 3.05) is 32.8 Å². The summed E-state index contributed by atoms with van der Waals surface area (Å²) < 4.78 is 11.1. The Morgan fingerprint density at radius 3 is 2.58 bits per heavy atom. The van der Waals surface area contributed by atoms with E-state index in [1.165, 1.54) is 0 Å². The van der Waals surface area contributed by atoms with Crippen molar-refractivity contribution >= 4 is 16.9 Å². The second kappa shape index (κ2) is 9.23. The Balaban J connectivity index is 2.17. The molecule has 0 aliphatic rings. The number of carbonyl (C=O) groups excluding carboxylic acids is 1. The number of fused-ring (bicyclic) bond motifs is 1. The van der Waals surface area contributed by atoms with E-state index in [1.807, 2.05) is 31.2 Å². The topological polar surface area (TPSA) is 51.7 Å². The van der Waals surface area contributed by atoms with Crippen LogP contribution >= 0.6 is 0 Å². The van der Waals surface area contributed by atoms with Gasteiger partial charge < -0.3 is 14.4 Å². The fourth-order valence-electron chi connectivity index (χ4n) is 2.49. The molecule has 130 valence electrons. The molecular formula is C19H26N2O3. The SMILES string of the molecule is CCCOc1cc(C(=O)OCCN(CC)CC)c2ccccc2n1. The fraction of sp³-hybridized carbons (Fsp3) is 0.474. The lowest BCUT2D eigenvalue weighted by Gasteiger charge is -2.17. The van der Waals surface area contributed by atoms with Crippen molar-refractivity contribution < 1.29 is 14.3 Å². The Morgan fingerprint density at radius 2 is 1.88 bits per heavy atom. The molecule has 0 spiro atoms. The van der Waals surface area contributed by atoms with Gasteiger partial charge in [-0.1, -0.05) is 39.0 Å². The third-order valence-corrected chi connectivity index (χ3v) is 3.90. The molecule has 0 atom stereocenters. The first-order valence-electron chi connectivity index (χ1n) is 8.61. The predicted molar refractivity (Wildman–Crippen MR) is 95.6 cm³/mol. The normalized spacial score (nSPS) is 11.0. The number of carbonyl (C=O) groups is 1. The molecule has 1 aromatic heterocycles. The smallest absolute Gasteiger partial charge is 0.339 e. The van der Waals surface area contributed by atoms with Gasteiger partial charge in [-0.25, -0.2) is 9.78 Å². The van der Waals surface area contributed by atoms with E-state index < -0.39 is 0 Å². The van der Waals surface area contributed by atoms with E-state index in [9.17, 15) is 4.79 Å². The van der Waals surface area contributed by atoms with Crippen LogP contribution in [0.15, 0.2) is 30.3 Å². The van der Waals surface area contributed by atoms with Crippen LogP contribution in [0, 0.1) is 0 Å². The van der Waals surface area contributed by atoms with E-state index in [4.69, 9.17) is 9.47 Å². The first-order chi connectivity index (χ1) is 11.7. The summed E-state index contributed by atoms with van der Waals surface area (Å²) in [5, 5.41) is 0.786. The molecule has 0 amide bonds. The van der Waals surface area contributed by atoms with Gasteiger partial charge in [0, 0.05) is 18.0 Å². The summed E-state index contributed by atoms with van der Waals surface area (Å²) in [4.78, 5) is 19.2. The van der Waals surface area contributed by atoms with Crippen molar-refractivity contribution in [3.63, 3.8) is 0 Å². The van der Waals surface area contributed by atoms with Crippen LogP contribution in [0.2, 0.25) is 0 Å². The molecule has 0 N–H and O–H groups in total. The number of nitrogens with zero attached hydrogens (tertiary/aromatic N) is 2. The molecule has 2 aromatic rings. The van der Waals surface area contributed by atoms with Crippen LogP contribution in [-0.4, -0.2) is 48.7 Å². The van der Waals surface area contributed by atoms with Crippen LogP contribution < -0.4 is 4.74 Å². The molecule has 5 heteroatoms. The quantitative estimate of drug-likeness (QED) is 0.658. The van der Waals surface area contributed by atoms with E-state index in [0.717, 1.165) is 37.0 Å². The molecule has 0 aliphatic carbocycles. The molecule has 1 heterocycles. The highest BCUT2D eigenvalue weighted by molar-refractivity contribution is 6.03. The summed E-state index contributed by atoms with van der Waals surface area (Å²) in [7, 11) is 0. The lowest BCUT2D eigenvalue weighted by molar-refractivity contribution is 0.0468. The maximum absolute atomic E-state index is 12.5. The molecule has 1 aromatic carbocycles. The van der Waals surface area contributed by atoms with Gasteiger partial charge in [-0.15, -0.1) is 0 Å². The number of para-hydroxylation sites is 1. The number of benzene rings is 1. The number of hydrogen-bond acceptors (Lipinski definition) is 5. The summed E-state index contributed by atoms with van der Waals surface area (Å²) in [6.45, 7) is 9.80. The molecule has 0 bridgehead atoms. The monoisotopic (exact) mass is 330 g/mol. The van der Waals surface area contributed by atoms with Crippen LogP contribution in [0.1, 0.15) is 37.6 Å². The van der Waals surface area contributed by atoms with Crippen LogP contribution in [0.5, 0.6) is 5.88 Å². The van der Waals surface area contributed by atoms with Crippen LogP contribution in [0.3, 0.4) is 0 Å². The van der Waals surface area contributed by atoms with Gasteiger partial charge >= 0.3 is 5.97 Å². The largest absolute Gasteiger partial charge is 0.478 e. The van der Waals surface area contributed by atoms with Gasteiger partial charge in [0.05, 0.1) is 17.7 Å². The Morgan fingerprint density at radius 1 is 1.12 bits per heavy atom. The zero-order valence-corrected chi connectivity index (χ0v) is 14.7. The van der Waals surface area contributed by atoms with Gasteiger partial charge in [-0.05, 0) is 25.6 Å². The number of esters is 1. The third kappa shape index (κ3) is 4.68.